The van der Waals surface area contributed by atoms with E-state index >= 15 is 0 Å². The third kappa shape index (κ3) is 4.12. The van der Waals surface area contributed by atoms with Crippen LogP contribution < -0.4 is 5.32 Å². The summed E-state index contributed by atoms with van der Waals surface area (Å²) in [7, 11) is 1.77. The summed E-state index contributed by atoms with van der Waals surface area (Å²) in [4.78, 5) is 4.87. The molecule has 0 aromatic carbocycles. The molecule has 1 aliphatic carbocycles. The van der Waals surface area contributed by atoms with E-state index in [1.54, 1.807) is 7.11 Å². The molecule has 3 nitrogen and oxygen atoms in total. The van der Waals surface area contributed by atoms with E-state index in [1.165, 1.54) is 31.4 Å². The van der Waals surface area contributed by atoms with Crippen molar-refractivity contribution in [1.82, 2.24) is 5.32 Å². The molecule has 3 atom stereocenters. The van der Waals surface area contributed by atoms with Gasteiger partial charge in [-0.3, -0.25) is 4.99 Å². The summed E-state index contributed by atoms with van der Waals surface area (Å²) in [6.07, 6.45) is 7.65. The highest BCUT2D eigenvalue weighted by atomic mass is 32.2. The molecule has 1 aliphatic heterocycles. The molecule has 1 saturated heterocycles. The number of methoxy groups -OCH3 is 1. The molecule has 19 heavy (non-hydrogen) atoms. The van der Waals surface area contributed by atoms with Gasteiger partial charge in [0, 0.05) is 18.4 Å². The molecule has 0 aromatic rings. The van der Waals surface area contributed by atoms with Crippen molar-refractivity contribution in [2.45, 2.75) is 64.0 Å². The third-order valence-electron chi connectivity index (χ3n) is 4.23. The predicted octanol–water partition coefficient (Wildman–Crippen LogP) is 3.44. The van der Waals surface area contributed by atoms with Gasteiger partial charge in [0.2, 0.25) is 0 Å². The van der Waals surface area contributed by atoms with Crippen molar-refractivity contribution in [2.75, 3.05) is 19.5 Å². The fraction of sp³-hybridized carbons (Fsp3) is 0.933. The molecule has 1 spiro atoms. The van der Waals surface area contributed by atoms with Crippen LogP contribution in [0.1, 0.15) is 52.4 Å². The first-order valence-electron chi connectivity index (χ1n) is 7.65. The van der Waals surface area contributed by atoms with Gasteiger partial charge in [-0.25, -0.2) is 0 Å². The second kappa shape index (κ2) is 6.98. The summed E-state index contributed by atoms with van der Waals surface area (Å²) < 4.78 is 5.28. The minimum absolute atomic E-state index is 0.321. The van der Waals surface area contributed by atoms with Crippen LogP contribution in [0.5, 0.6) is 0 Å². The summed E-state index contributed by atoms with van der Waals surface area (Å²) in [5, 5.41) is 4.90. The average Bonchev–Trinajstić information content (AvgIpc) is 2.72. The Morgan fingerprint density at radius 2 is 2.42 bits per heavy atom. The van der Waals surface area contributed by atoms with E-state index in [-0.39, 0.29) is 0 Å². The van der Waals surface area contributed by atoms with Crippen LogP contribution in [0.3, 0.4) is 0 Å². The summed E-state index contributed by atoms with van der Waals surface area (Å²) in [6, 6.07) is 0.321. The monoisotopic (exact) mass is 284 g/mol. The van der Waals surface area contributed by atoms with Gasteiger partial charge in [0.15, 0.2) is 5.17 Å². The quantitative estimate of drug-likeness (QED) is 0.839. The number of hydrogen-bond donors (Lipinski definition) is 1. The molecule has 2 fully saturated rings. The lowest BCUT2D eigenvalue weighted by atomic mass is 9.78. The van der Waals surface area contributed by atoms with Crippen molar-refractivity contribution < 1.29 is 4.74 Å². The van der Waals surface area contributed by atoms with Gasteiger partial charge in [-0.15, -0.1) is 0 Å². The molecule has 2 aliphatic rings. The van der Waals surface area contributed by atoms with Crippen LogP contribution in [-0.2, 0) is 4.74 Å². The maximum Gasteiger partial charge on any atom is 0.157 e. The molecule has 0 amide bonds. The van der Waals surface area contributed by atoms with Crippen molar-refractivity contribution in [3.63, 3.8) is 0 Å². The highest BCUT2D eigenvalue weighted by Crippen LogP contribution is 2.38. The van der Waals surface area contributed by atoms with E-state index in [4.69, 9.17) is 9.73 Å². The minimum Gasteiger partial charge on any atom is -0.382 e. The first-order valence-corrected chi connectivity index (χ1v) is 8.64. The van der Waals surface area contributed by atoms with Gasteiger partial charge in [-0.2, -0.15) is 0 Å². The molecule has 1 N–H and O–H groups in total. The van der Waals surface area contributed by atoms with E-state index in [1.807, 2.05) is 11.8 Å². The number of ether oxygens (including phenoxy) is 1. The molecular weight excluding hydrogens is 256 g/mol. The number of thioether (sulfide) groups is 1. The van der Waals surface area contributed by atoms with Crippen molar-refractivity contribution in [3.8, 4) is 0 Å². The van der Waals surface area contributed by atoms with Crippen LogP contribution in [0, 0.1) is 5.92 Å². The first-order chi connectivity index (χ1) is 9.17. The highest BCUT2D eigenvalue weighted by Gasteiger charge is 2.40. The van der Waals surface area contributed by atoms with E-state index in [2.05, 4.69) is 19.2 Å². The Bertz CT molecular complexity index is 315. The van der Waals surface area contributed by atoms with Crippen LogP contribution >= 0.6 is 11.8 Å². The predicted molar refractivity (Wildman–Crippen MR) is 84.0 cm³/mol. The van der Waals surface area contributed by atoms with Crippen LogP contribution in [0.2, 0.25) is 0 Å². The van der Waals surface area contributed by atoms with Gasteiger partial charge >= 0.3 is 0 Å². The number of nitrogens with one attached hydrogen (secondary N) is 1. The zero-order valence-corrected chi connectivity index (χ0v) is 13.4. The maximum absolute atomic E-state index is 5.28. The number of amidine groups is 1. The number of aliphatic imine (C=N–C) groups is 1. The Balaban J connectivity index is 1.95. The van der Waals surface area contributed by atoms with E-state index in [0.717, 1.165) is 30.5 Å². The SMILES string of the molecule is CCCC(COC)N=C1NC2(CCCC(C)C2)CS1. The fourth-order valence-corrected chi connectivity index (χ4v) is 4.62. The maximum atomic E-state index is 5.28. The number of hydrogen-bond acceptors (Lipinski definition) is 3. The van der Waals surface area contributed by atoms with Crippen molar-refractivity contribution >= 4 is 16.9 Å². The van der Waals surface area contributed by atoms with Crippen LogP contribution in [0.15, 0.2) is 4.99 Å². The summed E-state index contributed by atoms with van der Waals surface area (Å²) >= 11 is 1.91. The largest absolute Gasteiger partial charge is 0.382 e. The topological polar surface area (TPSA) is 33.6 Å². The fourth-order valence-electron chi connectivity index (χ4n) is 3.36. The standard InChI is InChI=1S/C15H28N2OS/c1-4-6-13(10-18-3)16-14-17-15(11-19-14)8-5-7-12(2)9-15/h12-13H,4-11H2,1-3H3,(H,16,17). The van der Waals surface area contributed by atoms with Crippen molar-refractivity contribution in [3.05, 3.63) is 0 Å². The lowest BCUT2D eigenvalue weighted by Crippen LogP contribution is -2.47. The molecule has 0 radical (unpaired) electrons. The first kappa shape index (κ1) is 15.2. The molecule has 1 heterocycles. The Morgan fingerprint density at radius 3 is 3.11 bits per heavy atom. The Kier molecular flexibility index (Phi) is 5.58. The van der Waals surface area contributed by atoms with Crippen LogP contribution in [0.25, 0.3) is 0 Å². The summed E-state index contributed by atoms with van der Waals surface area (Å²) in [6.45, 7) is 5.33. The molecular formula is C15H28N2OS. The molecule has 110 valence electrons. The van der Waals surface area contributed by atoms with Crippen molar-refractivity contribution in [2.24, 2.45) is 10.9 Å². The second-order valence-corrected chi connectivity index (χ2v) is 7.19. The number of rotatable bonds is 5. The van der Waals surface area contributed by atoms with Gasteiger partial charge < -0.3 is 10.1 Å². The van der Waals surface area contributed by atoms with Crippen molar-refractivity contribution in [1.29, 1.82) is 0 Å². The Morgan fingerprint density at radius 1 is 1.58 bits per heavy atom. The third-order valence-corrected chi connectivity index (χ3v) is 5.41. The lowest BCUT2D eigenvalue weighted by molar-refractivity contribution is 0.177. The summed E-state index contributed by atoms with van der Waals surface area (Å²) in [5.41, 5.74) is 0.338. The average molecular weight is 284 g/mol. The van der Waals surface area contributed by atoms with Gasteiger partial charge in [0.1, 0.15) is 0 Å². The molecule has 2 rings (SSSR count). The minimum atomic E-state index is 0.321. The molecule has 0 bridgehead atoms. The van der Waals surface area contributed by atoms with Gasteiger partial charge in [-0.1, -0.05) is 44.9 Å². The normalized spacial score (nSPS) is 34.7. The van der Waals surface area contributed by atoms with E-state index in [9.17, 15) is 0 Å². The molecule has 0 aromatic heterocycles. The zero-order chi connectivity index (χ0) is 13.7. The molecule has 3 unspecified atom stereocenters. The zero-order valence-electron chi connectivity index (χ0n) is 12.6. The second-order valence-electron chi connectivity index (χ2n) is 6.23. The Labute approximate surface area is 122 Å². The summed E-state index contributed by atoms with van der Waals surface area (Å²) in [5.74, 6) is 2.05. The number of nitrogens with zero attached hydrogens (tertiary/aromatic N) is 1. The van der Waals surface area contributed by atoms with E-state index < -0.39 is 0 Å². The molecule has 1 saturated carbocycles. The van der Waals surface area contributed by atoms with Gasteiger partial charge in [-0.05, 0) is 25.2 Å². The smallest absolute Gasteiger partial charge is 0.157 e. The van der Waals surface area contributed by atoms with Crippen LogP contribution in [-0.4, -0.2) is 36.2 Å². The lowest BCUT2D eigenvalue weighted by Gasteiger charge is -2.36. The Hall–Kier alpha value is -0.220. The molecule has 4 heteroatoms. The van der Waals surface area contributed by atoms with Gasteiger partial charge in [0.05, 0.1) is 12.6 Å². The van der Waals surface area contributed by atoms with Crippen LogP contribution in [0.4, 0.5) is 0 Å². The van der Waals surface area contributed by atoms with E-state index in [0.29, 0.717) is 11.6 Å². The van der Waals surface area contributed by atoms with Gasteiger partial charge in [0.25, 0.3) is 0 Å². The highest BCUT2D eigenvalue weighted by molar-refractivity contribution is 8.14.